The Morgan fingerprint density at radius 3 is 2.43 bits per heavy atom. The molecule has 13 heteroatoms. The van der Waals surface area contributed by atoms with Gasteiger partial charge < -0.3 is 34.8 Å². The van der Waals surface area contributed by atoms with Crippen LogP contribution in [0.1, 0.15) is 51.4 Å². The van der Waals surface area contributed by atoms with Gasteiger partial charge in [-0.25, -0.2) is 9.59 Å². The second-order valence-corrected chi connectivity index (χ2v) is 11.9. The van der Waals surface area contributed by atoms with E-state index in [1.54, 1.807) is 58.9 Å². The second kappa shape index (κ2) is 12.7. The molecule has 2 aromatic carbocycles. The first-order chi connectivity index (χ1) is 20.6. The van der Waals surface area contributed by atoms with E-state index in [0.29, 0.717) is 40.7 Å². The topological polar surface area (TPSA) is 172 Å². The van der Waals surface area contributed by atoms with Crippen molar-refractivity contribution in [1.82, 2.24) is 5.32 Å². The molecule has 2 aromatic rings. The third kappa shape index (κ3) is 8.07. The van der Waals surface area contributed by atoms with Crippen molar-refractivity contribution in [3.8, 4) is 28.2 Å². The number of nitrogens with one attached hydrogen (secondary N) is 2. The number of carboxylic acid groups (broad SMARTS) is 1. The average molecular weight is 621 g/mol. The van der Waals surface area contributed by atoms with E-state index >= 15 is 0 Å². The molecule has 1 aliphatic heterocycles. The molecule has 0 unspecified atom stereocenters. The molecule has 0 saturated heterocycles. The monoisotopic (exact) mass is 620 g/mol. The molecule has 230 valence electrons. The van der Waals surface area contributed by atoms with E-state index in [4.69, 9.17) is 26.2 Å². The van der Waals surface area contributed by atoms with Gasteiger partial charge >= 0.3 is 12.1 Å². The van der Waals surface area contributed by atoms with Gasteiger partial charge in [0.25, 0.3) is 0 Å². The van der Waals surface area contributed by atoms with Gasteiger partial charge in [0.05, 0.1) is 5.56 Å². The minimum absolute atomic E-state index is 0.0245. The van der Waals surface area contributed by atoms with Crippen molar-refractivity contribution < 1.29 is 33.8 Å². The highest BCUT2D eigenvalue weighted by molar-refractivity contribution is 7.80. The third-order valence-electron chi connectivity index (χ3n) is 6.27. The van der Waals surface area contributed by atoms with Crippen molar-refractivity contribution in [3.05, 3.63) is 70.4 Å². The van der Waals surface area contributed by atoms with Crippen molar-refractivity contribution in [3.63, 3.8) is 0 Å². The zero-order chi connectivity index (χ0) is 32.2. The number of ether oxygens (including phenoxy) is 1. The maximum Gasteiger partial charge on any atom is 0.455 e. The van der Waals surface area contributed by atoms with Crippen molar-refractivity contribution in [1.29, 1.82) is 0 Å². The molecule has 0 saturated carbocycles. The average Bonchev–Trinajstić information content (AvgIpc) is 2.90. The predicted molar refractivity (Wildman–Crippen MR) is 168 cm³/mol. The van der Waals surface area contributed by atoms with Gasteiger partial charge in [0.15, 0.2) is 10.5 Å². The first-order valence-electron chi connectivity index (χ1n) is 13.6. The van der Waals surface area contributed by atoms with E-state index < -0.39 is 23.3 Å². The molecule has 0 radical (unpaired) electrons. The smallest absolute Gasteiger partial charge is 0.455 e. The first-order valence-corrected chi connectivity index (χ1v) is 14.0. The summed E-state index contributed by atoms with van der Waals surface area (Å²) in [5.74, 6) is -0.969. The maximum atomic E-state index is 12.4. The summed E-state index contributed by atoms with van der Waals surface area (Å²) >= 11 is 5.40. The number of fused-ring (bicyclic) bond motifs is 2. The molecule has 0 bridgehead atoms. The predicted octanol–water partition coefficient (Wildman–Crippen LogP) is 6.74. The van der Waals surface area contributed by atoms with Crippen LogP contribution >= 0.6 is 12.2 Å². The number of hydrogen-bond acceptors (Lipinski definition) is 9. The van der Waals surface area contributed by atoms with Crippen LogP contribution in [0, 0.1) is 0 Å². The molecule has 0 fully saturated rings. The van der Waals surface area contributed by atoms with Crippen LogP contribution in [0.3, 0.4) is 0 Å². The summed E-state index contributed by atoms with van der Waals surface area (Å²) in [4.78, 5) is 41.5. The van der Waals surface area contributed by atoms with Crippen molar-refractivity contribution >= 4 is 46.0 Å². The van der Waals surface area contributed by atoms with E-state index in [1.165, 1.54) is 30.3 Å². The fourth-order valence-electron chi connectivity index (χ4n) is 4.30. The summed E-state index contributed by atoms with van der Waals surface area (Å²) < 4.78 is 11.2. The standard InChI is InChI=1S/C31H32N4O8S/c1-30(2,3)43-35-34-29(40)42-31(4,5)12-13-32-28(44)33-17-6-9-20(23(14-17)27(38)39)26-21-10-7-18(36)15-24(21)41-25-16-19(37)8-11-22(25)26/h6-11,14-16,36H,12-13H2,1-5H3,(H,38,39)(H2,32,33,44)/b35-34+. The number of carbonyl (C=O) groups is 2. The van der Waals surface area contributed by atoms with Crippen molar-refractivity contribution in [2.75, 3.05) is 11.9 Å². The van der Waals surface area contributed by atoms with Gasteiger partial charge in [-0.1, -0.05) is 6.07 Å². The Morgan fingerprint density at radius 2 is 1.73 bits per heavy atom. The zero-order valence-electron chi connectivity index (χ0n) is 24.8. The lowest BCUT2D eigenvalue weighted by Crippen LogP contribution is -2.35. The number of hydrogen-bond donors (Lipinski definition) is 4. The van der Waals surface area contributed by atoms with E-state index in [1.807, 2.05) is 0 Å². The summed E-state index contributed by atoms with van der Waals surface area (Å²) in [7, 11) is 0. The quantitative estimate of drug-likeness (QED) is 0.0711. The molecule has 2 aliphatic rings. The summed E-state index contributed by atoms with van der Waals surface area (Å²) in [6, 6.07) is 13.6. The van der Waals surface area contributed by atoms with Gasteiger partial charge in [-0.3, -0.25) is 4.79 Å². The zero-order valence-corrected chi connectivity index (χ0v) is 25.6. The van der Waals surface area contributed by atoms with Gasteiger partial charge in [0, 0.05) is 52.6 Å². The number of rotatable bonds is 8. The summed E-state index contributed by atoms with van der Waals surface area (Å²) in [5, 5.41) is 33.7. The third-order valence-corrected chi connectivity index (χ3v) is 6.51. The van der Waals surface area contributed by atoms with Gasteiger partial charge in [0.2, 0.25) is 0 Å². The number of anilines is 1. The minimum Gasteiger partial charge on any atom is -0.508 e. The highest BCUT2D eigenvalue weighted by atomic mass is 32.1. The lowest BCUT2D eigenvalue weighted by atomic mass is 9.90. The fourth-order valence-corrected chi connectivity index (χ4v) is 4.52. The molecule has 0 aromatic heterocycles. The first kappa shape index (κ1) is 31.9. The molecular weight excluding hydrogens is 588 g/mol. The lowest BCUT2D eigenvalue weighted by molar-refractivity contribution is -0.0170. The number of carboxylic acids is 1. The molecule has 4 rings (SSSR count). The minimum atomic E-state index is -1.18. The number of phenolic OH excluding ortho intramolecular Hbond substituents is 1. The van der Waals surface area contributed by atoms with Crippen LogP contribution in [0.5, 0.6) is 5.75 Å². The molecule has 0 spiro atoms. The van der Waals surface area contributed by atoms with Crippen molar-refractivity contribution in [2.24, 2.45) is 10.4 Å². The number of nitrogens with zero attached hydrogens (tertiary/aromatic N) is 2. The van der Waals surface area contributed by atoms with Gasteiger partial charge in [-0.15, -0.1) is 0 Å². The molecule has 1 heterocycles. The highest BCUT2D eigenvalue weighted by Crippen LogP contribution is 2.42. The molecule has 1 amide bonds. The molecule has 0 atom stereocenters. The molecule has 1 aliphatic carbocycles. The van der Waals surface area contributed by atoms with E-state index in [0.717, 1.165) is 0 Å². The molecule has 4 N–H and O–H groups in total. The summed E-state index contributed by atoms with van der Waals surface area (Å²) in [6.45, 7) is 9.05. The second-order valence-electron chi connectivity index (χ2n) is 11.5. The number of carbonyl (C=O) groups excluding carboxylic acids is 1. The lowest BCUT2D eigenvalue weighted by Gasteiger charge is -2.24. The molecule has 12 nitrogen and oxygen atoms in total. The summed E-state index contributed by atoms with van der Waals surface area (Å²) in [5.41, 5.74) is 0.375. The number of phenols is 1. The van der Waals surface area contributed by atoms with Crippen LogP contribution in [0.15, 0.2) is 74.2 Å². The number of amides is 1. The maximum absolute atomic E-state index is 12.4. The SMILES string of the molecule is CC(C)(C)O/N=N/C(=O)OC(C)(C)CCNC(=S)Nc1ccc(-c2c3ccc(=O)cc-3oc3cc(O)ccc23)c(C(=O)O)c1. The number of aromatic carboxylic acids is 1. The van der Waals surface area contributed by atoms with Gasteiger partial charge in [-0.2, -0.15) is 0 Å². The van der Waals surface area contributed by atoms with E-state index in [9.17, 15) is 24.6 Å². The van der Waals surface area contributed by atoms with Crippen LogP contribution < -0.4 is 16.1 Å². The van der Waals surface area contributed by atoms with Crippen LogP contribution in [-0.4, -0.2) is 45.1 Å². The van der Waals surface area contributed by atoms with Crippen LogP contribution in [0.4, 0.5) is 10.5 Å². The number of benzene rings is 3. The van der Waals surface area contributed by atoms with Crippen molar-refractivity contribution in [2.45, 2.75) is 52.2 Å². The van der Waals surface area contributed by atoms with E-state index in [-0.39, 0.29) is 33.2 Å². The van der Waals surface area contributed by atoms with Crippen LogP contribution in [0.2, 0.25) is 0 Å². The Kier molecular flexibility index (Phi) is 9.19. The fraction of sp³-hybridized carbons (Fsp3) is 0.290. The van der Waals surface area contributed by atoms with Gasteiger partial charge in [0.1, 0.15) is 28.3 Å². The Hall–Kier alpha value is -5.04. The van der Waals surface area contributed by atoms with Gasteiger partial charge in [-0.05, 0) is 93.9 Å². The van der Waals surface area contributed by atoms with Crippen LogP contribution in [-0.2, 0) is 9.57 Å². The summed E-state index contributed by atoms with van der Waals surface area (Å²) in [6.07, 6.45) is -0.519. The Bertz CT molecular complexity index is 1790. The number of aromatic hydroxyl groups is 1. The Labute approximate surface area is 258 Å². The highest BCUT2D eigenvalue weighted by Gasteiger charge is 2.24. The Morgan fingerprint density at radius 1 is 1.00 bits per heavy atom. The Balaban J connectivity index is 1.50. The largest absolute Gasteiger partial charge is 0.508 e. The number of thiocarbonyl (C=S) groups is 1. The van der Waals surface area contributed by atoms with Crippen LogP contribution in [0.25, 0.3) is 33.4 Å². The normalized spacial score (nSPS) is 11.9. The molecular formula is C31H32N4O8S. The van der Waals surface area contributed by atoms with E-state index in [2.05, 4.69) is 21.0 Å². The molecule has 44 heavy (non-hydrogen) atoms.